The molecule has 0 radical (unpaired) electrons. The van der Waals surface area contributed by atoms with Crippen LogP contribution in [-0.2, 0) is 6.42 Å². The molecular weight excluding hydrogens is 263 g/mol. The summed E-state index contributed by atoms with van der Waals surface area (Å²) in [6.45, 7) is 0. The van der Waals surface area contributed by atoms with Crippen molar-refractivity contribution in [2.45, 2.75) is 12.5 Å². The molecule has 0 aliphatic rings. The van der Waals surface area contributed by atoms with Gasteiger partial charge in [-0.25, -0.2) is 4.39 Å². The molecule has 3 N–H and O–H groups in total. The van der Waals surface area contributed by atoms with Gasteiger partial charge in [0.1, 0.15) is 5.82 Å². The molecule has 0 aromatic heterocycles. The molecule has 3 aromatic carbocycles. The van der Waals surface area contributed by atoms with Crippen LogP contribution in [0, 0.1) is 5.82 Å². The Kier molecular flexibility index (Phi) is 3.95. The first kappa shape index (κ1) is 13.7. The third kappa shape index (κ3) is 3.10. The zero-order chi connectivity index (χ0) is 14.7. The summed E-state index contributed by atoms with van der Waals surface area (Å²) in [5.41, 5.74) is 4.80. The number of nitrogens with two attached hydrogens (primary N) is 1. The third-order valence-electron chi connectivity index (χ3n) is 3.71. The topological polar surface area (TPSA) is 38.0 Å². The van der Waals surface area contributed by atoms with Crippen molar-refractivity contribution in [1.82, 2.24) is 5.43 Å². The second-order valence-electron chi connectivity index (χ2n) is 5.16. The number of fused-ring (bicyclic) bond motifs is 1. The summed E-state index contributed by atoms with van der Waals surface area (Å²) in [6.07, 6.45) is 0.713. The van der Waals surface area contributed by atoms with Gasteiger partial charge in [-0.15, -0.1) is 0 Å². The van der Waals surface area contributed by atoms with Crippen molar-refractivity contribution < 1.29 is 4.39 Å². The van der Waals surface area contributed by atoms with E-state index in [1.54, 1.807) is 6.07 Å². The van der Waals surface area contributed by atoms with Crippen molar-refractivity contribution in [3.05, 3.63) is 83.7 Å². The van der Waals surface area contributed by atoms with Crippen LogP contribution in [-0.4, -0.2) is 0 Å². The molecule has 0 aliphatic heterocycles. The summed E-state index contributed by atoms with van der Waals surface area (Å²) in [5.74, 6) is 5.40. The van der Waals surface area contributed by atoms with Gasteiger partial charge in [0.15, 0.2) is 0 Å². The maximum absolute atomic E-state index is 13.3. The van der Waals surface area contributed by atoms with Crippen LogP contribution in [0.15, 0.2) is 66.7 Å². The highest BCUT2D eigenvalue weighted by Crippen LogP contribution is 2.22. The zero-order valence-corrected chi connectivity index (χ0v) is 11.6. The highest BCUT2D eigenvalue weighted by atomic mass is 19.1. The molecule has 0 fully saturated rings. The van der Waals surface area contributed by atoms with Crippen molar-refractivity contribution in [2.24, 2.45) is 5.84 Å². The van der Waals surface area contributed by atoms with Crippen molar-refractivity contribution in [2.75, 3.05) is 0 Å². The fraction of sp³-hybridized carbons (Fsp3) is 0.111. The molecule has 0 saturated heterocycles. The minimum atomic E-state index is -0.244. The number of rotatable bonds is 4. The molecule has 1 atom stereocenters. The van der Waals surface area contributed by atoms with Gasteiger partial charge in [-0.05, 0) is 40.5 Å². The average molecular weight is 280 g/mol. The van der Waals surface area contributed by atoms with Crippen LogP contribution >= 0.6 is 0 Å². The number of hydrogen-bond donors (Lipinski definition) is 2. The van der Waals surface area contributed by atoms with E-state index in [2.05, 4.69) is 35.8 Å². The van der Waals surface area contributed by atoms with E-state index in [9.17, 15) is 4.39 Å². The molecule has 0 amide bonds. The van der Waals surface area contributed by atoms with Crippen LogP contribution in [0.5, 0.6) is 0 Å². The Balaban J connectivity index is 1.88. The molecule has 1 unspecified atom stereocenters. The molecule has 3 aromatic rings. The van der Waals surface area contributed by atoms with Gasteiger partial charge in [0.25, 0.3) is 0 Å². The number of hydrogen-bond acceptors (Lipinski definition) is 2. The summed E-state index contributed by atoms with van der Waals surface area (Å²) in [4.78, 5) is 0. The summed E-state index contributed by atoms with van der Waals surface area (Å²) in [6, 6.07) is 21.0. The first-order valence-electron chi connectivity index (χ1n) is 6.95. The van der Waals surface area contributed by atoms with Crippen LogP contribution in [0.1, 0.15) is 17.2 Å². The zero-order valence-electron chi connectivity index (χ0n) is 11.6. The minimum Gasteiger partial charge on any atom is -0.271 e. The minimum absolute atomic E-state index is 0.109. The van der Waals surface area contributed by atoms with Crippen LogP contribution in [0.3, 0.4) is 0 Å². The molecule has 106 valence electrons. The average Bonchev–Trinajstić information content (AvgIpc) is 2.52. The van der Waals surface area contributed by atoms with Crippen LogP contribution in [0.25, 0.3) is 10.8 Å². The van der Waals surface area contributed by atoms with E-state index in [4.69, 9.17) is 5.84 Å². The molecule has 2 nitrogen and oxygen atoms in total. The fourth-order valence-electron chi connectivity index (χ4n) is 2.60. The molecule has 0 spiro atoms. The lowest BCUT2D eigenvalue weighted by Gasteiger charge is -2.17. The van der Waals surface area contributed by atoms with E-state index in [1.165, 1.54) is 28.5 Å². The second kappa shape index (κ2) is 6.04. The second-order valence-corrected chi connectivity index (χ2v) is 5.16. The van der Waals surface area contributed by atoms with E-state index in [0.29, 0.717) is 6.42 Å². The fourth-order valence-corrected chi connectivity index (χ4v) is 2.60. The van der Waals surface area contributed by atoms with Gasteiger partial charge in [0.05, 0.1) is 6.04 Å². The van der Waals surface area contributed by atoms with Gasteiger partial charge in [-0.1, -0.05) is 54.6 Å². The first-order valence-corrected chi connectivity index (χ1v) is 6.95. The van der Waals surface area contributed by atoms with E-state index in [-0.39, 0.29) is 11.9 Å². The summed E-state index contributed by atoms with van der Waals surface area (Å²) in [5, 5.41) is 2.41. The van der Waals surface area contributed by atoms with E-state index in [1.807, 2.05) is 18.2 Å². The summed E-state index contributed by atoms with van der Waals surface area (Å²) < 4.78 is 13.3. The van der Waals surface area contributed by atoms with Crippen molar-refractivity contribution in [3.8, 4) is 0 Å². The van der Waals surface area contributed by atoms with Gasteiger partial charge < -0.3 is 0 Å². The van der Waals surface area contributed by atoms with E-state index >= 15 is 0 Å². The molecule has 21 heavy (non-hydrogen) atoms. The number of benzene rings is 3. The largest absolute Gasteiger partial charge is 0.271 e. The molecule has 0 aliphatic carbocycles. The number of hydrazine groups is 1. The van der Waals surface area contributed by atoms with Crippen LogP contribution in [0.4, 0.5) is 4.39 Å². The quantitative estimate of drug-likeness (QED) is 0.564. The predicted octanol–water partition coefficient (Wildman–Crippen LogP) is 3.73. The Morgan fingerprint density at radius 2 is 1.71 bits per heavy atom. The molecule has 3 rings (SSSR count). The maximum Gasteiger partial charge on any atom is 0.123 e. The normalized spacial score (nSPS) is 12.5. The smallest absolute Gasteiger partial charge is 0.123 e. The standard InChI is InChI=1S/C18H17FN2/c19-17-7-3-6-16(12-17)18(21-20)11-13-8-9-14-4-1-2-5-15(14)10-13/h1-10,12,18,21H,11,20H2. The van der Waals surface area contributed by atoms with Gasteiger partial charge in [0, 0.05) is 0 Å². The first-order chi connectivity index (χ1) is 10.3. The lowest BCUT2D eigenvalue weighted by molar-refractivity contribution is 0.544. The van der Waals surface area contributed by atoms with Gasteiger partial charge in [-0.3, -0.25) is 11.3 Å². The third-order valence-corrected chi connectivity index (χ3v) is 3.71. The maximum atomic E-state index is 13.3. The van der Waals surface area contributed by atoms with Crippen molar-refractivity contribution in [1.29, 1.82) is 0 Å². The molecule has 0 heterocycles. The van der Waals surface area contributed by atoms with Crippen LogP contribution in [0.2, 0.25) is 0 Å². The Bertz CT molecular complexity index is 755. The van der Waals surface area contributed by atoms with Crippen molar-refractivity contribution >= 4 is 10.8 Å². The predicted molar refractivity (Wildman–Crippen MR) is 84.1 cm³/mol. The number of nitrogens with one attached hydrogen (secondary N) is 1. The Morgan fingerprint density at radius 1 is 0.905 bits per heavy atom. The van der Waals surface area contributed by atoms with Gasteiger partial charge >= 0.3 is 0 Å². The number of halogens is 1. The van der Waals surface area contributed by atoms with E-state index < -0.39 is 0 Å². The van der Waals surface area contributed by atoms with Gasteiger partial charge in [-0.2, -0.15) is 0 Å². The monoisotopic (exact) mass is 280 g/mol. The molecule has 0 bridgehead atoms. The summed E-state index contributed by atoms with van der Waals surface area (Å²) in [7, 11) is 0. The lowest BCUT2D eigenvalue weighted by atomic mass is 9.97. The SMILES string of the molecule is NNC(Cc1ccc2ccccc2c1)c1cccc(F)c1. The lowest BCUT2D eigenvalue weighted by Crippen LogP contribution is -2.29. The Morgan fingerprint density at radius 3 is 2.48 bits per heavy atom. The van der Waals surface area contributed by atoms with E-state index in [0.717, 1.165) is 5.56 Å². The highest BCUT2D eigenvalue weighted by Gasteiger charge is 2.11. The molecule has 3 heteroatoms. The van der Waals surface area contributed by atoms with Crippen molar-refractivity contribution in [3.63, 3.8) is 0 Å². The molecule has 0 saturated carbocycles. The van der Waals surface area contributed by atoms with Crippen LogP contribution < -0.4 is 11.3 Å². The Hall–Kier alpha value is -2.23. The Labute approximate surface area is 123 Å². The highest BCUT2D eigenvalue weighted by molar-refractivity contribution is 5.83. The van der Waals surface area contributed by atoms with Gasteiger partial charge in [0.2, 0.25) is 0 Å². The molecular formula is C18H17FN2. The summed E-state index contributed by atoms with van der Waals surface area (Å²) >= 11 is 0.